The maximum atomic E-state index is 11.2. The summed E-state index contributed by atoms with van der Waals surface area (Å²) < 4.78 is 3.04. The van der Waals surface area contributed by atoms with E-state index >= 15 is 0 Å². The average molecular weight is 355 g/mol. The summed E-state index contributed by atoms with van der Waals surface area (Å²) >= 11 is 2.26. The van der Waals surface area contributed by atoms with Crippen molar-refractivity contribution in [3.8, 4) is 11.3 Å². The van der Waals surface area contributed by atoms with E-state index in [1.807, 2.05) is 41.8 Å². The zero-order valence-corrected chi connectivity index (χ0v) is 12.2. The minimum absolute atomic E-state index is 0.352. The largest absolute Gasteiger partial charge is 0.477 e. The second-order valence-electron chi connectivity index (χ2n) is 4.07. The van der Waals surface area contributed by atoms with E-state index < -0.39 is 5.97 Å². The van der Waals surface area contributed by atoms with E-state index in [1.54, 1.807) is 6.07 Å². The lowest BCUT2D eigenvalue weighted by Crippen LogP contribution is -2.09. The smallest absolute Gasteiger partial charge is 0.352 e. The van der Waals surface area contributed by atoms with Gasteiger partial charge < -0.3 is 9.67 Å². The first-order valence-electron chi connectivity index (χ1n) is 5.82. The van der Waals surface area contributed by atoms with Crippen LogP contribution in [0.25, 0.3) is 11.3 Å². The zero-order chi connectivity index (χ0) is 13.1. The number of aromatic carboxylic acids is 1. The Labute approximate surface area is 120 Å². The number of carbonyl (C=O) groups is 1. The molecule has 0 bridgehead atoms. The lowest BCUT2D eigenvalue weighted by atomic mass is 10.1. The fourth-order valence-corrected chi connectivity index (χ4v) is 2.35. The summed E-state index contributed by atoms with van der Waals surface area (Å²) in [6, 6.07) is 11.6. The maximum absolute atomic E-state index is 11.2. The van der Waals surface area contributed by atoms with Gasteiger partial charge in [-0.25, -0.2) is 4.79 Å². The minimum Gasteiger partial charge on any atom is -0.477 e. The maximum Gasteiger partial charge on any atom is 0.352 e. The molecule has 18 heavy (non-hydrogen) atoms. The van der Waals surface area contributed by atoms with Gasteiger partial charge in [-0.05, 0) is 58.8 Å². The van der Waals surface area contributed by atoms with Crippen molar-refractivity contribution in [2.24, 2.45) is 0 Å². The van der Waals surface area contributed by atoms with Crippen molar-refractivity contribution in [2.75, 3.05) is 0 Å². The minimum atomic E-state index is -0.875. The highest BCUT2D eigenvalue weighted by Gasteiger charge is 2.14. The van der Waals surface area contributed by atoms with Gasteiger partial charge in [0.1, 0.15) is 5.69 Å². The fourth-order valence-electron chi connectivity index (χ4n) is 1.99. The molecule has 1 heterocycles. The van der Waals surface area contributed by atoms with Crippen molar-refractivity contribution in [1.29, 1.82) is 0 Å². The highest BCUT2D eigenvalue weighted by Crippen LogP contribution is 2.24. The average Bonchev–Trinajstić information content (AvgIpc) is 2.74. The van der Waals surface area contributed by atoms with Crippen molar-refractivity contribution in [3.05, 3.63) is 45.7 Å². The Bertz CT molecular complexity index is 558. The lowest BCUT2D eigenvalue weighted by molar-refractivity contribution is 0.0685. The molecule has 0 saturated heterocycles. The topological polar surface area (TPSA) is 42.2 Å². The Kier molecular flexibility index (Phi) is 4.06. The van der Waals surface area contributed by atoms with Crippen molar-refractivity contribution >= 4 is 28.6 Å². The van der Waals surface area contributed by atoms with Crippen LogP contribution < -0.4 is 0 Å². The van der Waals surface area contributed by atoms with Crippen molar-refractivity contribution < 1.29 is 9.90 Å². The summed E-state index contributed by atoms with van der Waals surface area (Å²) in [5.41, 5.74) is 2.37. The van der Waals surface area contributed by atoms with Gasteiger partial charge in [-0.3, -0.25) is 0 Å². The standard InChI is InChI=1S/C14H14INO2/c1-2-9-16-12(7-8-13(16)14(17)18)10-3-5-11(15)6-4-10/h3-8H,2,9H2,1H3,(H,17,18). The van der Waals surface area contributed by atoms with Gasteiger partial charge in [-0.2, -0.15) is 0 Å². The Morgan fingerprint density at radius 3 is 2.44 bits per heavy atom. The lowest BCUT2D eigenvalue weighted by Gasteiger charge is -2.10. The second-order valence-corrected chi connectivity index (χ2v) is 5.31. The monoisotopic (exact) mass is 355 g/mol. The summed E-state index contributed by atoms with van der Waals surface area (Å²) in [4.78, 5) is 11.2. The Hall–Kier alpha value is -1.30. The Morgan fingerprint density at radius 1 is 1.22 bits per heavy atom. The number of carboxylic acids is 1. The molecule has 0 atom stereocenters. The quantitative estimate of drug-likeness (QED) is 0.847. The molecule has 1 N–H and O–H groups in total. The van der Waals surface area contributed by atoms with Crippen molar-refractivity contribution in [3.63, 3.8) is 0 Å². The third kappa shape index (κ3) is 2.58. The van der Waals surface area contributed by atoms with Gasteiger partial charge in [0, 0.05) is 15.8 Å². The number of aromatic nitrogens is 1. The first-order chi connectivity index (χ1) is 8.63. The van der Waals surface area contributed by atoms with Crippen molar-refractivity contribution in [2.45, 2.75) is 19.9 Å². The number of rotatable bonds is 4. The number of nitrogens with zero attached hydrogens (tertiary/aromatic N) is 1. The van der Waals surface area contributed by atoms with Gasteiger partial charge in [0.25, 0.3) is 0 Å². The highest BCUT2D eigenvalue weighted by atomic mass is 127. The fraction of sp³-hybridized carbons (Fsp3) is 0.214. The van der Waals surface area contributed by atoms with E-state index in [9.17, 15) is 9.90 Å². The summed E-state index contributed by atoms with van der Waals surface area (Å²) in [6.07, 6.45) is 0.909. The van der Waals surface area contributed by atoms with Gasteiger partial charge in [0.05, 0.1) is 0 Å². The third-order valence-corrected chi connectivity index (χ3v) is 3.51. The molecule has 0 unspecified atom stereocenters. The van der Waals surface area contributed by atoms with Gasteiger partial charge in [0.15, 0.2) is 0 Å². The van der Waals surface area contributed by atoms with Crippen LogP contribution in [0.1, 0.15) is 23.8 Å². The van der Waals surface area contributed by atoms with Gasteiger partial charge in [-0.1, -0.05) is 19.1 Å². The van der Waals surface area contributed by atoms with Crippen LogP contribution >= 0.6 is 22.6 Å². The summed E-state index contributed by atoms with van der Waals surface area (Å²) in [5.74, 6) is -0.875. The van der Waals surface area contributed by atoms with Crippen LogP contribution in [0.3, 0.4) is 0 Å². The Balaban J connectivity index is 2.50. The number of benzene rings is 1. The molecule has 0 aliphatic heterocycles. The van der Waals surface area contributed by atoms with Crippen LogP contribution in [0, 0.1) is 3.57 Å². The third-order valence-electron chi connectivity index (χ3n) is 2.79. The SMILES string of the molecule is CCCn1c(C(=O)O)ccc1-c1ccc(I)cc1. The summed E-state index contributed by atoms with van der Waals surface area (Å²) in [5, 5.41) is 9.17. The molecule has 1 aromatic carbocycles. The molecule has 0 spiro atoms. The molecule has 0 aliphatic rings. The van der Waals surface area contributed by atoms with E-state index in [2.05, 4.69) is 22.6 Å². The molecule has 0 saturated carbocycles. The molecular formula is C14H14INO2. The molecule has 0 amide bonds. The summed E-state index contributed by atoms with van der Waals surface area (Å²) in [7, 11) is 0. The number of carboxylic acid groups (broad SMARTS) is 1. The van der Waals surface area contributed by atoms with Crippen LogP contribution in [0.15, 0.2) is 36.4 Å². The summed E-state index contributed by atoms with van der Waals surface area (Å²) in [6.45, 7) is 2.76. The highest BCUT2D eigenvalue weighted by molar-refractivity contribution is 14.1. The molecule has 94 valence electrons. The molecule has 2 rings (SSSR count). The predicted molar refractivity (Wildman–Crippen MR) is 79.8 cm³/mol. The van der Waals surface area contributed by atoms with Crippen LogP contribution in [0.5, 0.6) is 0 Å². The molecule has 0 radical (unpaired) electrons. The Morgan fingerprint density at radius 2 is 1.89 bits per heavy atom. The first-order valence-corrected chi connectivity index (χ1v) is 6.90. The number of halogens is 1. The normalized spacial score (nSPS) is 10.6. The van der Waals surface area contributed by atoms with Gasteiger partial charge in [0.2, 0.25) is 0 Å². The van der Waals surface area contributed by atoms with Gasteiger partial charge >= 0.3 is 5.97 Å². The van der Waals surface area contributed by atoms with Crippen molar-refractivity contribution in [1.82, 2.24) is 4.57 Å². The van der Waals surface area contributed by atoms with E-state index in [1.165, 1.54) is 3.57 Å². The predicted octanol–water partition coefficient (Wildman–Crippen LogP) is 3.87. The molecule has 2 aromatic rings. The molecule has 0 fully saturated rings. The van der Waals surface area contributed by atoms with Gasteiger partial charge in [-0.15, -0.1) is 0 Å². The van der Waals surface area contributed by atoms with E-state index in [0.29, 0.717) is 5.69 Å². The second kappa shape index (κ2) is 5.56. The van der Waals surface area contributed by atoms with Crippen LogP contribution in [-0.2, 0) is 6.54 Å². The molecular weight excluding hydrogens is 341 g/mol. The molecule has 3 nitrogen and oxygen atoms in total. The van der Waals surface area contributed by atoms with Crippen LogP contribution in [0.2, 0.25) is 0 Å². The van der Waals surface area contributed by atoms with Crippen LogP contribution in [0.4, 0.5) is 0 Å². The molecule has 4 heteroatoms. The molecule has 1 aromatic heterocycles. The first kappa shape index (κ1) is 13.1. The number of hydrogen-bond acceptors (Lipinski definition) is 1. The van der Waals surface area contributed by atoms with Crippen LogP contribution in [-0.4, -0.2) is 15.6 Å². The molecule has 0 aliphatic carbocycles. The van der Waals surface area contributed by atoms with E-state index in [-0.39, 0.29) is 0 Å². The number of hydrogen-bond donors (Lipinski definition) is 1. The van der Waals surface area contributed by atoms with E-state index in [0.717, 1.165) is 24.2 Å². The van der Waals surface area contributed by atoms with E-state index in [4.69, 9.17) is 0 Å². The zero-order valence-electron chi connectivity index (χ0n) is 10.1.